The molecule has 3 saturated carbocycles. The van der Waals surface area contributed by atoms with Crippen molar-refractivity contribution in [3.05, 3.63) is 11.6 Å². The zero-order valence-electron chi connectivity index (χ0n) is 15.7. The highest BCUT2D eigenvalue weighted by Gasteiger charge is 2.60. The van der Waals surface area contributed by atoms with Crippen LogP contribution in [0.5, 0.6) is 0 Å². The maximum absolute atomic E-state index is 9.63. The molecule has 0 N–H and O–H groups in total. The summed E-state index contributed by atoms with van der Waals surface area (Å²) in [6.07, 6.45) is 11.9. The standard InChI is InChI=1S/C22H31NO2/c1-20-8-7-19-17(18(20)6-4-16(20)14-23)5-3-15-13-22(24-11-12-25-22)10-9-21(15,19)2/h3,16-19H,4-13H2,1-2H3/t16-,17-,18-,19+,20-,21-/m0/s1. The summed E-state index contributed by atoms with van der Waals surface area (Å²) >= 11 is 0. The molecule has 6 atom stereocenters. The lowest BCUT2D eigenvalue weighted by molar-refractivity contribution is -0.185. The monoisotopic (exact) mass is 341 g/mol. The van der Waals surface area contributed by atoms with Crippen molar-refractivity contribution < 1.29 is 9.47 Å². The van der Waals surface area contributed by atoms with E-state index in [1.165, 1.54) is 32.1 Å². The minimum Gasteiger partial charge on any atom is -0.347 e. The molecule has 25 heavy (non-hydrogen) atoms. The number of rotatable bonds is 0. The third kappa shape index (κ3) is 2.10. The number of fused-ring (bicyclic) bond motifs is 5. The number of hydrogen-bond donors (Lipinski definition) is 0. The van der Waals surface area contributed by atoms with Gasteiger partial charge in [0.05, 0.1) is 25.2 Å². The largest absolute Gasteiger partial charge is 0.347 e. The Balaban J connectivity index is 1.45. The van der Waals surface area contributed by atoms with Crippen molar-refractivity contribution >= 4 is 0 Å². The summed E-state index contributed by atoms with van der Waals surface area (Å²) in [6.45, 7) is 6.46. The molecule has 1 aliphatic heterocycles. The highest BCUT2D eigenvalue weighted by Crippen LogP contribution is 2.66. The molecule has 136 valence electrons. The topological polar surface area (TPSA) is 42.2 Å². The molecule has 0 amide bonds. The molecule has 1 spiro atoms. The Hall–Kier alpha value is -0.850. The van der Waals surface area contributed by atoms with Crippen LogP contribution in [0.3, 0.4) is 0 Å². The second-order valence-electron chi connectivity index (χ2n) is 9.85. The van der Waals surface area contributed by atoms with Crippen LogP contribution in [-0.4, -0.2) is 19.0 Å². The molecule has 5 aliphatic rings. The highest BCUT2D eigenvalue weighted by atomic mass is 16.7. The van der Waals surface area contributed by atoms with E-state index in [2.05, 4.69) is 26.0 Å². The SMILES string of the molecule is C[C@@]12CC[C@@H]3[C@@H](CC=C4CC5(CC[C@@]43C)OCCO5)[C@@H]1CC[C@H]2C#N. The minimum absolute atomic E-state index is 0.269. The predicted octanol–water partition coefficient (Wildman–Crippen LogP) is 4.83. The van der Waals surface area contributed by atoms with Crippen molar-refractivity contribution in [3.8, 4) is 6.07 Å². The normalized spacial score (nSPS) is 50.5. The molecule has 1 saturated heterocycles. The Kier molecular flexibility index (Phi) is 3.48. The summed E-state index contributed by atoms with van der Waals surface area (Å²) in [5.74, 6) is 2.31. The molecule has 4 aliphatic carbocycles. The van der Waals surface area contributed by atoms with Crippen LogP contribution in [0.2, 0.25) is 0 Å². The van der Waals surface area contributed by atoms with Gasteiger partial charge in [-0.2, -0.15) is 5.26 Å². The molecule has 0 unspecified atom stereocenters. The first-order valence-corrected chi connectivity index (χ1v) is 10.4. The first kappa shape index (κ1) is 16.3. The van der Waals surface area contributed by atoms with Crippen molar-refractivity contribution in [2.24, 2.45) is 34.5 Å². The molecule has 5 rings (SSSR count). The van der Waals surface area contributed by atoms with Crippen LogP contribution in [0.15, 0.2) is 11.6 Å². The van der Waals surface area contributed by atoms with Crippen molar-refractivity contribution in [2.45, 2.75) is 71.0 Å². The lowest BCUT2D eigenvalue weighted by Gasteiger charge is -2.58. The van der Waals surface area contributed by atoms with Crippen LogP contribution in [-0.2, 0) is 9.47 Å². The minimum atomic E-state index is -0.305. The van der Waals surface area contributed by atoms with E-state index < -0.39 is 0 Å². The second kappa shape index (κ2) is 5.33. The van der Waals surface area contributed by atoms with Crippen LogP contribution < -0.4 is 0 Å². The Bertz CT molecular complexity index is 643. The van der Waals surface area contributed by atoms with Gasteiger partial charge in [0, 0.05) is 12.8 Å². The lowest BCUT2D eigenvalue weighted by atomic mass is 9.47. The Labute approximate surface area is 151 Å². The molecule has 0 aromatic carbocycles. The molecule has 4 fully saturated rings. The highest BCUT2D eigenvalue weighted by molar-refractivity contribution is 5.27. The van der Waals surface area contributed by atoms with Crippen LogP contribution in [0.4, 0.5) is 0 Å². The first-order chi connectivity index (χ1) is 12.0. The molecule has 3 heteroatoms. The molecule has 3 nitrogen and oxygen atoms in total. The van der Waals surface area contributed by atoms with Gasteiger partial charge in [-0.3, -0.25) is 0 Å². The summed E-state index contributed by atoms with van der Waals surface area (Å²) in [5.41, 5.74) is 2.21. The number of nitrogens with zero attached hydrogens (tertiary/aromatic N) is 1. The van der Waals surface area contributed by atoms with E-state index in [9.17, 15) is 5.26 Å². The van der Waals surface area contributed by atoms with E-state index >= 15 is 0 Å². The van der Waals surface area contributed by atoms with E-state index in [0.717, 1.165) is 50.2 Å². The Morgan fingerprint density at radius 2 is 1.84 bits per heavy atom. The molecule has 0 aromatic rings. The van der Waals surface area contributed by atoms with E-state index in [0.29, 0.717) is 5.41 Å². The van der Waals surface area contributed by atoms with Crippen LogP contribution in [0, 0.1) is 45.8 Å². The van der Waals surface area contributed by atoms with Crippen molar-refractivity contribution in [2.75, 3.05) is 13.2 Å². The van der Waals surface area contributed by atoms with Gasteiger partial charge in [-0.1, -0.05) is 25.5 Å². The van der Waals surface area contributed by atoms with Gasteiger partial charge in [-0.15, -0.1) is 0 Å². The summed E-state index contributed by atoms with van der Waals surface area (Å²) in [7, 11) is 0. The maximum Gasteiger partial charge on any atom is 0.172 e. The summed E-state index contributed by atoms with van der Waals surface area (Å²) in [6, 6.07) is 2.65. The van der Waals surface area contributed by atoms with Gasteiger partial charge in [0.2, 0.25) is 0 Å². The summed E-state index contributed by atoms with van der Waals surface area (Å²) < 4.78 is 12.1. The maximum atomic E-state index is 9.63. The molecule has 0 radical (unpaired) electrons. The van der Waals surface area contributed by atoms with Gasteiger partial charge in [0.25, 0.3) is 0 Å². The first-order valence-electron chi connectivity index (χ1n) is 10.4. The third-order valence-corrected chi connectivity index (χ3v) is 9.08. The average Bonchev–Trinajstić information content (AvgIpc) is 3.19. The zero-order valence-corrected chi connectivity index (χ0v) is 15.7. The zero-order chi connectivity index (χ0) is 17.3. The van der Waals surface area contributed by atoms with E-state index in [1.54, 1.807) is 5.57 Å². The smallest absolute Gasteiger partial charge is 0.172 e. The van der Waals surface area contributed by atoms with E-state index in [1.807, 2.05) is 0 Å². The quantitative estimate of drug-likeness (QED) is 0.593. The number of nitriles is 1. The molecule has 1 heterocycles. The Morgan fingerprint density at radius 1 is 1.04 bits per heavy atom. The van der Waals surface area contributed by atoms with Gasteiger partial charge in [0.15, 0.2) is 5.79 Å². The van der Waals surface area contributed by atoms with Gasteiger partial charge < -0.3 is 9.47 Å². The number of allylic oxidation sites excluding steroid dienone is 1. The van der Waals surface area contributed by atoms with E-state index in [-0.39, 0.29) is 17.1 Å². The van der Waals surface area contributed by atoms with Crippen LogP contribution >= 0.6 is 0 Å². The van der Waals surface area contributed by atoms with Crippen LogP contribution in [0.1, 0.15) is 65.2 Å². The third-order valence-electron chi connectivity index (χ3n) is 9.08. The number of hydrogen-bond acceptors (Lipinski definition) is 3. The summed E-state index contributed by atoms with van der Waals surface area (Å²) in [5, 5.41) is 9.63. The Morgan fingerprint density at radius 3 is 2.60 bits per heavy atom. The van der Waals surface area contributed by atoms with Gasteiger partial charge >= 0.3 is 0 Å². The number of ether oxygens (including phenoxy) is 2. The van der Waals surface area contributed by atoms with Crippen molar-refractivity contribution in [1.29, 1.82) is 5.26 Å². The van der Waals surface area contributed by atoms with Crippen LogP contribution in [0.25, 0.3) is 0 Å². The summed E-state index contributed by atoms with van der Waals surface area (Å²) in [4.78, 5) is 0. The molecule has 0 aromatic heterocycles. The van der Waals surface area contributed by atoms with E-state index in [4.69, 9.17) is 9.47 Å². The van der Waals surface area contributed by atoms with Gasteiger partial charge in [-0.05, 0) is 67.1 Å². The fraction of sp³-hybridized carbons (Fsp3) is 0.864. The van der Waals surface area contributed by atoms with Crippen molar-refractivity contribution in [3.63, 3.8) is 0 Å². The molecular formula is C22H31NO2. The van der Waals surface area contributed by atoms with Gasteiger partial charge in [0.1, 0.15) is 0 Å². The average molecular weight is 341 g/mol. The van der Waals surface area contributed by atoms with Gasteiger partial charge in [-0.25, -0.2) is 0 Å². The molecular weight excluding hydrogens is 310 g/mol. The fourth-order valence-corrected chi connectivity index (χ4v) is 7.56. The second-order valence-corrected chi connectivity index (χ2v) is 9.85. The van der Waals surface area contributed by atoms with Crippen molar-refractivity contribution in [1.82, 2.24) is 0 Å². The predicted molar refractivity (Wildman–Crippen MR) is 95.4 cm³/mol. The lowest BCUT2D eigenvalue weighted by Crippen LogP contribution is -2.52. The fourth-order valence-electron chi connectivity index (χ4n) is 7.56. The molecule has 0 bridgehead atoms.